The molecule has 2 aromatic heterocycles. The highest BCUT2D eigenvalue weighted by Gasteiger charge is 2.24. The Morgan fingerprint density at radius 2 is 1.97 bits per heavy atom. The van der Waals surface area contributed by atoms with Crippen molar-refractivity contribution in [1.82, 2.24) is 18.9 Å². The van der Waals surface area contributed by atoms with E-state index in [-0.39, 0.29) is 23.0 Å². The number of halogens is 1. The third-order valence-electron chi connectivity index (χ3n) is 5.58. The first kappa shape index (κ1) is 19.6. The summed E-state index contributed by atoms with van der Waals surface area (Å²) in [4.78, 5) is 25.6. The third-order valence-corrected chi connectivity index (χ3v) is 5.58. The van der Waals surface area contributed by atoms with Gasteiger partial charge in [-0.15, -0.1) is 5.10 Å². The number of pyridine rings is 1. The second-order valence-electron chi connectivity index (χ2n) is 8.00. The van der Waals surface area contributed by atoms with Crippen LogP contribution in [0.1, 0.15) is 50.9 Å². The molecule has 0 saturated heterocycles. The number of benzene rings is 1. The first-order valence-corrected chi connectivity index (χ1v) is 10.0. The van der Waals surface area contributed by atoms with Crippen LogP contribution in [0.3, 0.4) is 0 Å². The van der Waals surface area contributed by atoms with Crippen molar-refractivity contribution >= 4 is 10.8 Å². The summed E-state index contributed by atoms with van der Waals surface area (Å²) in [6.45, 7) is 6.33. The summed E-state index contributed by atoms with van der Waals surface area (Å²) in [5.41, 5.74) is 0.157. The lowest BCUT2D eigenvalue weighted by Crippen LogP contribution is -2.25. The molecule has 1 saturated carbocycles. The number of fused-ring (bicyclic) bond motifs is 1. The van der Waals surface area contributed by atoms with Gasteiger partial charge in [0.05, 0.1) is 5.39 Å². The van der Waals surface area contributed by atoms with E-state index in [1.165, 1.54) is 16.7 Å². The van der Waals surface area contributed by atoms with E-state index < -0.39 is 18.1 Å². The van der Waals surface area contributed by atoms with E-state index in [0.717, 1.165) is 23.1 Å². The molecule has 3 aromatic rings. The Kier molecular flexibility index (Phi) is 4.90. The highest BCUT2D eigenvalue weighted by Crippen LogP contribution is 2.32. The van der Waals surface area contributed by atoms with E-state index in [0.29, 0.717) is 29.8 Å². The Morgan fingerprint density at radius 3 is 2.52 bits per heavy atom. The van der Waals surface area contributed by atoms with Gasteiger partial charge in [0, 0.05) is 19.3 Å². The molecule has 8 heteroatoms. The molecule has 0 atom stereocenters. The lowest BCUT2D eigenvalue weighted by atomic mass is 9.97. The molecule has 4 rings (SSSR count). The first-order chi connectivity index (χ1) is 13.8. The SMILES string of the molecule is CCn1c(CO)nn(-c2cc3c(C(C)C)cn(CC4CC4)c(=O)c3cc2F)c1=O. The van der Waals surface area contributed by atoms with E-state index in [4.69, 9.17) is 0 Å². The van der Waals surface area contributed by atoms with Gasteiger partial charge in [0.1, 0.15) is 18.1 Å². The lowest BCUT2D eigenvalue weighted by Gasteiger charge is -2.16. The summed E-state index contributed by atoms with van der Waals surface area (Å²) in [5, 5.41) is 14.5. The van der Waals surface area contributed by atoms with Crippen LogP contribution in [0.5, 0.6) is 0 Å². The number of aliphatic hydroxyl groups excluding tert-OH is 1. The quantitative estimate of drug-likeness (QED) is 0.689. The van der Waals surface area contributed by atoms with E-state index in [1.54, 1.807) is 11.5 Å². The lowest BCUT2D eigenvalue weighted by molar-refractivity contribution is 0.264. The van der Waals surface area contributed by atoms with Crippen LogP contribution in [-0.2, 0) is 19.7 Å². The molecule has 29 heavy (non-hydrogen) atoms. The number of rotatable bonds is 6. The van der Waals surface area contributed by atoms with Crippen molar-refractivity contribution in [3.63, 3.8) is 0 Å². The van der Waals surface area contributed by atoms with Gasteiger partial charge in [-0.2, -0.15) is 4.68 Å². The second kappa shape index (κ2) is 7.26. The van der Waals surface area contributed by atoms with Crippen LogP contribution in [0.25, 0.3) is 16.5 Å². The number of nitrogens with zero attached hydrogens (tertiary/aromatic N) is 4. The fraction of sp³-hybridized carbons (Fsp3) is 0.476. The van der Waals surface area contributed by atoms with Gasteiger partial charge in [0.25, 0.3) is 5.56 Å². The first-order valence-electron chi connectivity index (χ1n) is 10.0. The predicted octanol–water partition coefficient (Wildman–Crippen LogP) is 2.53. The summed E-state index contributed by atoms with van der Waals surface area (Å²) in [6.07, 6.45) is 4.10. The highest BCUT2D eigenvalue weighted by atomic mass is 19.1. The molecule has 154 valence electrons. The number of aromatic nitrogens is 4. The Bertz CT molecular complexity index is 1200. The molecule has 1 fully saturated rings. The van der Waals surface area contributed by atoms with Crippen molar-refractivity contribution in [3.05, 3.63) is 56.4 Å². The molecule has 1 aliphatic rings. The van der Waals surface area contributed by atoms with Crippen molar-refractivity contribution in [1.29, 1.82) is 0 Å². The summed E-state index contributed by atoms with van der Waals surface area (Å²) in [5.74, 6) is 0.101. The average molecular weight is 400 g/mol. The summed E-state index contributed by atoms with van der Waals surface area (Å²) in [7, 11) is 0. The summed E-state index contributed by atoms with van der Waals surface area (Å²) in [6, 6.07) is 2.73. The molecule has 1 aromatic carbocycles. The monoisotopic (exact) mass is 400 g/mol. The topological polar surface area (TPSA) is 82.0 Å². The number of hydrogen-bond acceptors (Lipinski definition) is 4. The van der Waals surface area contributed by atoms with E-state index in [9.17, 15) is 14.7 Å². The van der Waals surface area contributed by atoms with Crippen LogP contribution in [0.2, 0.25) is 0 Å². The maximum absolute atomic E-state index is 15.0. The largest absolute Gasteiger partial charge is 0.388 e. The van der Waals surface area contributed by atoms with Crippen molar-refractivity contribution in [3.8, 4) is 5.69 Å². The maximum Gasteiger partial charge on any atom is 0.350 e. The summed E-state index contributed by atoms with van der Waals surface area (Å²) < 4.78 is 19.0. The van der Waals surface area contributed by atoms with Gasteiger partial charge in [0.15, 0.2) is 5.82 Å². The summed E-state index contributed by atoms with van der Waals surface area (Å²) >= 11 is 0. The minimum atomic E-state index is -0.694. The van der Waals surface area contributed by atoms with Crippen molar-refractivity contribution in [2.24, 2.45) is 5.92 Å². The molecule has 0 spiro atoms. The zero-order valence-electron chi connectivity index (χ0n) is 16.9. The van der Waals surface area contributed by atoms with Gasteiger partial charge < -0.3 is 9.67 Å². The van der Waals surface area contributed by atoms with Crippen LogP contribution in [-0.4, -0.2) is 24.0 Å². The van der Waals surface area contributed by atoms with Gasteiger partial charge >= 0.3 is 5.69 Å². The van der Waals surface area contributed by atoms with E-state index in [2.05, 4.69) is 5.10 Å². The highest BCUT2D eigenvalue weighted by molar-refractivity contribution is 5.87. The fourth-order valence-corrected chi connectivity index (χ4v) is 3.79. The maximum atomic E-state index is 15.0. The van der Waals surface area contributed by atoms with Gasteiger partial charge in [-0.1, -0.05) is 13.8 Å². The minimum Gasteiger partial charge on any atom is -0.388 e. The third kappa shape index (κ3) is 3.31. The van der Waals surface area contributed by atoms with E-state index in [1.807, 2.05) is 20.0 Å². The van der Waals surface area contributed by atoms with Gasteiger partial charge in [-0.25, -0.2) is 9.18 Å². The molecule has 0 bridgehead atoms. The van der Waals surface area contributed by atoms with Gasteiger partial charge in [-0.05, 0) is 54.7 Å². The molecule has 7 nitrogen and oxygen atoms in total. The van der Waals surface area contributed by atoms with Crippen LogP contribution >= 0.6 is 0 Å². The van der Waals surface area contributed by atoms with E-state index >= 15 is 4.39 Å². The molecule has 0 amide bonds. The molecule has 0 radical (unpaired) electrons. The molecule has 0 unspecified atom stereocenters. The van der Waals surface area contributed by atoms with Crippen LogP contribution in [0.15, 0.2) is 27.9 Å². The van der Waals surface area contributed by atoms with Crippen molar-refractivity contribution in [2.75, 3.05) is 0 Å². The normalized spacial score (nSPS) is 14.3. The Morgan fingerprint density at radius 1 is 1.24 bits per heavy atom. The van der Waals surface area contributed by atoms with Crippen LogP contribution < -0.4 is 11.2 Å². The zero-order valence-corrected chi connectivity index (χ0v) is 16.9. The second-order valence-corrected chi connectivity index (χ2v) is 8.00. The van der Waals surface area contributed by atoms with Gasteiger partial charge in [0.2, 0.25) is 0 Å². The number of hydrogen-bond donors (Lipinski definition) is 1. The fourth-order valence-electron chi connectivity index (χ4n) is 3.79. The number of aliphatic hydroxyl groups is 1. The molecular formula is C21H25FN4O3. The zero-order chi connectivity index (χ0) is 20.9. The van der Waals surface area contributed by atoms with Crippen molar-refractivity contribution in [2.45, 2.75) is 59.2 Å². The van der Waals surface area contributed by atoms with Crippen LogP contribution in [0.4, 0.5) is 4.39 Å². The Hall–Kier alpha value is -2.74. The molecule has 0 aliphatic heterocycles. The minimum absolute atomic E-state index is 0.0226. The predicted molar refractivity (Wildman–Crippen MR) is 108 cm³/mol. The van der Waals surface area contributed by atoms with Gasteiger partial charge in [-0.3, -0.25) is 9.36 Å². The van der Waals surface area contributed by atoms with Crippen LogP contribution in [0, 0.1) is 11.7 Å². The molecule has 2 heterocycles. The molecule has 1 N–H and O–H groups in total. The molecule has 1 aliphatic carbocycles. The molecular weight excluding hydrogens is 375 g/mol. The Balaban J connectivity index is 1.98. The average Bonchev–Trinajstić information content (AvgIpc) is 3.45. The smallest absolute Gasteiger partial charge is 0.350 e. The Labute approximate surface area is 167 Å². The van der Waals surface area contributed by atoms with Crippen molar-refractivity contribution < 1.29 is 9.50 Å². The standard InChI is InChI=1S/C21H25FN4O3/c1-4-25-19(11-27)23-26(21(25)29)18-8-14-15(7-17(18)22)20(28)24(9-13-5-6-13)10-16(14)12(2)3/h7-8,10,12-13,27H,4-6,9,11H2,1-3H3.